The number of para-hydroxylation sites is 1. The van der Waals surface area contributed by atoms with Gasteiger partial charge in [0.15, 0.2) is 5.75 Å². The minimum absolute atomic E-state index is 0.0486. The highest BCUT2D eigenvalue weighted by Gasteiger charge is 2.10. The topological polar surface area (TPSA) is 92.2 Å². The molecule has 0 fully saturated rings. The molecule has 5 heteroatoms. The number of hydrogen-bond donors (Lipinski definition) is 3. The molecule has 0 bridgehead atoms. The smallest absolute Gasteiger partial charge is 0.156 e. The van der Waals surface area contributed by atoms with Gasteiger partial charge in [0.1, 0.15) is 17.3 Å². The van der Waals surface area contributed by atoms with E-state index in [1.807, 2.05) is 24.3 Å². The second-order valence-electron chi connectivity index (χ2n) is 3.95. The van der Waals surface area contributed by atoms with E-state index in [2.05, 4.69) is 4.98 Å². The standard InChI is InChI=1S/C14H15N3O2/c15-14(16)13-12(6-3-8-17-13)19-11-5-2-1-4-10(11)7-9-18/h1-6,8,18H,7,9H2,(H3,15,16). The van der Waals surface area contributed by atoms with Crippen molar-refractivity contribution < 1.29 is 9.84 Å². The average Bonchev–Trinajstić information content (AvgIpc) is 2.42. The fourth-order valence-corrected chi connectivity index (χ4v) is 1.72. The molecule has 1 aromatic carbocycles. The Hall–Kier alpha value is -2.40. The van der Waals surface area contributed by atoms with Gasteiger partial charge in [-0.05, 0) is 30.2 Å². The van der Waals surface area contributed by atoms with E-state index in [1.165, 1.54) is 0 Å². The van der Waals surface area contributed by atoms with E-state index in [0.717, 1.165) is 5.56 Å². The second kappa shape index (κ2) is 5.97. The van der Waals surface area contributed by atoms with Crippen LogP contribution < -0.4 is 10.5 Å². The third kappa shape index (κ3) is 3.08. The van der Waals surface area contributed by atoms with Crippen molar-refractivity contribution in [1.29, 1.82) is 5.41 Å². The molecule has 2 rings (SSSR count). The molecule has 0 saturated carbocycles. The molecule has 0 saturated heterocycles. The number of nitrogen functional groups attached to an aromatic ring is 1. The van der Waals surface area contributed by atoms with Crippen molar-refractivity contribution in [3.8, 4) is 11.5 Å². The number of aromatic nitrogens is 1. The molecule has 0 radical (unpaired) electrons. The van der Waals surface area contributed by atoms with Gasteiger partial charge in [-0.3, -0.25) is 5.41 Å². The summed E-state index contributed by atoms with van der Waals surface area (Å²) in [5.41, 5.74) is 6.66. The number of ether oxygens (including phenoxy) is 1. The van der Waals surface area contributed by atoms with Crippen LogP contribution in [0.3, 0.4) is 0 Å². The van der Waals surface area contributed by atoms with E-state index in [9.17, 15) is 0 Å². The van der Waals surface area contributed by atoms with Crippen LogP contribution in [0.25, 0.3) is 0 Å². The summed E-state index contributed by atoms with van der Waals surface area (Å²) in [6.07, 6.45) is 2.06. The number of aliphatic hydroxyl groups is 1. The Balaban J connectivity index is 2.34. The monoisotopic (exact) mass is 257 g/mol. The Morgan fingerprint density at radius 2 is 1.95 bits per heavy atom. The minimum Gasteiger partial charge on any atom is -0.455 e. The maximum atomic E-state index is 9.03. The van der Waals surface area contributed by atoms with Gasteiger partial charge in [0.25, 0.3) is 0 Å². The summed E-state index contributed by atoms with van der Waals surface area (Å²) in [4.78, 5) is 4.03. The highest BCUT2D eigenvalue weighted by Crippen LogP contribution is 2.27. The zero-order valence-corrected chi connectivity index (χ0v) is 10.3. The summed E-state index contributed by atoms with van der Waals surface area (Å²) in [5.74, 6) is 0.919. The summed E-state index contributed by atoms with van der Waals surface area (Å²) in [6.45, 7) is 0.0486. The average molecular weight is 257 g/mol. The lowest BCUT2D eigenvalue weighted by Crippen LogP contribution is -2.14. The summed E-state index contributed by atoms with van der Waals surface area (Å²) < 4.78 is 5.76. The lowest BCUT2D eigenvalue weighted by atomic mass is 10.1. The highest BCUT2D eigenvalue weighted by molar-refractivity contribution is 5.95. The molecule has 2 aromatic rings. The molecule has 4 N–H and O–H groups in total. The first kappa shape index (κ1) is 13.0. The molecular weight excluding hydrogens is 242 g/mol. The van der Waals surface area contributed by atoms with Gasteiger partial charge in [-0.15, -0.1) is 0 Å². The Morgan fingerprint density at radius 1 is 1.21 bits per heavy atom. The van der Waals surface area contributed by atoms with E-state index in [0.29, 0.717) is 23.6 Å². The molecule has 0 aliphatic rings. The van der Waals surface area contributed by atoms with Gasteiger partial charge < -0.3 is 15.6 Å². The van der Waals surface area contributed by atoms with Crippen molar-refractivity contribution >= 4 is 5.84 Å². The first-order valence-corrected chi connectivity index (χ1v) is 5.88. The Kier molecular flexibility index (Phi) is 4.10. The molecule has 0 unspecified atom stereocenters. The van der Waals surface area contributed by atoms with Gasteiger partial charge >= 0.3 is 0 Å². The molecule has 19 heavy (non-hydrogen) atoms. The van der Waals surface area contributed by atoms with E-state index >= 15 is 0 Å². The molecule has 1 aromatic heterocycles. The first-order valence-electron chi connectivity index (χ1n) is 5.88. The van der Waals surface area contributed by atoms with Crippen LogP contribution in [0.4, 0.5) is 0 Å². The SMILES string of the molecule is N=C(N)c1ncccc1Oc1ccccc1CCO. The van der Waals surface area contributed by atoms with E-state index in [-0.39, 0.29) is 12.4 Å². The van der Waals surface area contributed by atoms with Gasteiger partial charge in [0.05, 0.1) is 0 Å². The van der Waals surface area contributed by atoms with Gasteiger partial charge in [-0.25, -0.2) is 4.98 Å². The zero-order valence-electron chi connectivity index (χ0n) is 10.3. The predicted molar refractivity (Wildman–Crippen MR) is 72.6 cm³/mol. The minimum atomic E-state index is -0.143. The molecular formula is C14H15N3O2. The van der Waals surface area contributed by atoms with Crippen molar-refractivity contribution in [2.45, 2.75) is 6.42 Å². The predicted octanol–water partition coefficient (Wildman–Crippen LogP) is 1.69. The fraction of sp³-hybridized carbons (Fsp3) is 0.143. The zero-order chi connectivity index (χ0) is 13.7. The fourth-order valence-electron chi connectivity index (χ4n) is 1.72. The third-order valence-electron chi connectivity index (χ3n) is 2.60. The highest BCUT2D eigenvalue weighted by atomic mass is 16.5. The largest absolute Gasteiger partial charge is 0.455 e. The quantitative estimate of drug-likeness (QED) is 0.561. The van der Waals surface area contributed by atoms with Crippen molar-refractivity contribution in [2.75, 3.05) is 6.61 Å². The molecule has 0 aliphatic heterocycles. The Morgan fingerprint density at radius 3 is 2.68 bits per heavy atom. The van der Waals surface area contributed by atoms with Gasteiger partial charge in [0.2, 0.25) is 0 Å². The van der Waals surface area contributed by atoms with Crippen LogP contribution in [-0.4, -0.2) is 22.5 Å². The maximum absolute atomic E-state index is 9.03. The molecule has 0 aliphatic carbocycles. The molecule has 98 valence electrons. The number of nitrogens with one attached hydrogen (secondary N) is 1. The van der Waals surface area contributed by atoms with Crippen molar-refractivity contribution in [2.24, 2.45) is 5.73 Å². The van der Waals surface area contributed by atoms with Gasteiger partial charge in [-0.1, -0.05) is 18.2 Å². The Labute approximate surface area is 111 Å². The number of benzene rings is 1. The number of pyridine rings is 1. The number of nitrogens with zero attached hydrogens (tertiary/aromatic N) is 1. The van der Waals surface area contributed by atoms with E-state index < -0.39 is 0 Å². The van der Waals surface area contributed by atoms with Crippen molar-refractivity contribution in [1.82, 2.24) is 4.98 Å². The third-order valence-corrected chi connectivity index (χ3v) is 2.60. The van der Waals surface area contributed by atoms with Crippen LogP contribution in [0.15, 0.2) is 42.6 Å². The van der Waals surface area contributed by atoms with Crippen LogP contribution in [0.5, 0.6) is 11.5 Å². The number of aliphatic hydroxyl groups excluding tert-OH is 1. The van der Waals surface area contributed by atoms with Crippen LogP contribution >= 0.6 is 0 Å². The van der Waals surface area contributed by atoms with E-state index in [1.54, 1.807) is 18.3 Å². The number of hydrogen-bond acceptors (Lipinski definition) is 4. The molecule has 1 heterocycles. The normalized spacial score (nSPS) is 10.2. The Bertz CT molecular complexity index is 584. The van der Waals surface area contributed by atoms with Crippen LogP contribution in [0, 0.1) is 5.41 Å². The lowest BCUT2D eigenvalue weighted by Gasteiger charge is -2.12. The van der Waals surface area contributed by atoms with Crippen LogP contribution in [0.1, 0.15) is 11.3 Å². The molecule has 0 atom stereocenters. The van der Waals surface area contributed by atoms with E-state index in [4.69, 9.17) is 21.0 Å². The molecule has 0 amide bonds. The van der Waals surface area contributed by atoms with Gasteiger partial charge in [0, 0.05) is 12.8 Å². The van der Waals surface area contributed by atoms with Crippen LogP contribution in [-0.2, 0) is 6.42 Å². The maximum Gasteiger partial charge on any atom is 0.156 e. The summed E-state index contributed by atoms with van der Waals surface area (Å²) >= 11 is 0. The lowest BCUT2D eigenvalue weighted by molar-refractivity contribution is 0.298. The summed E-state index contributed by atoms with van der Waals surface area (Å²) in [6, 6.07) is 10.8. The second-order valence-corrected chi connectivity index (χ2v) is 3.95. The van der Waals surface area contributed by atoms with Crippen molar-refractivity contribution in [3.05, 3.63) is 53.9 Å². The number of nitrogens with two attached hydrogens (primary N) is 1. The van der Waals surface area contributed by atoms with Gasteiger partial charge in [-0.2, -0.15) is 0 Å². The number of amidine groups is 1. The number of rotatable bonds is 5. The summed E-state index contributed by atoms with van der Waals surface area (Å²) in [7, 11) is 0. The molecule has 0 spiro atoms. The summed E-state index contributed by atoms with van der Waals surface area (Å²) in [5, 5.41) is 16.5. The van der Waals surface area contributed by atoms with Crippen molar-refractivity contribution in [3.63, 3.8) is 0 Å². The van der Waals surface area contributed by atoms with Crippen LogP contribution in [0.2, 0.25) is 0 Å². The first-order chi connectivity index (χ1) is 9.22. The molecule has 5 nitrogen and oxygen atoms in total.